The van der Waals surface area contributed by atoms with Crippen molar-refractivity contribution in [3.63, 3.8) is 0 Å². The van der Waals surface area contributed by atoms with E-state index in [1.54, 1.807) is 11.0 Å². The number of aryl methyl sites for hydroxylation is 1. The second-order valence-corrected chi connectivity index (χ2v) is 7.83. The van der Waals surface area contributed by atoms with E-state index in [1.165, 1.54) is 6.07 Å². The number of phenolic OH excluding ortho intramolecular Hbond substituents is 2. The lowest BCUT2D eigenvalue weighted by Crippen LogP contribution is -2.36. The fourth-order valence-corrected chi connectivity index (χ4v) is 4.02. The van der Waals surface area contributed by atoms with Crippen LogP contribution in [0.1, 0.15) is 27.2 Å². The number of carbonyl (C=O) groups is 1. The van der Waals surface area contributed by atoms with Crippen LogP contribution >= 0.6 is 0 Å². The molecule has 2 N–H and O–H groups in total. The van der Waals surface area contributed by atoms with E-state index in [-0.39, 0.29) is 17.4 Å². The number of hydrogen-bond acceptors (Lipinski definition) is 5. The summed E-state index contributed by atoms with van der Waals surface area (Å²) in [5.41, 5.74) is 4.60. The number of fused-ring (bicyclic) bond motifs is 2. The Morgan fingerprint density at radius 3 is 2.55 bits per heavy atom. The largest absolute Gasteiger partial charge is 0.504 e. The third-order valence-corrected chi connectivity index (χ3v) is 5.75. The summed E-state index contributed by atoms with van der Waals surface area (Å²) in [5.74, 6) is 0.106. The lowest BCUT2D eigenvalue weighted by molar-refractivity contribution is 0.0730. The average molecular weight is 411 g/mol. The molecule has 154 valence electrons. The summed E-state index contributed by atoms with van der Waals surface area (Å²) in [6.07, 6.45) is 0.467. The van der Waals surface area contributed by atoms with Gasteiger partial charge in [0.2, 0.25) is 0 Å². The summed E-state index contributed by atoms with van der Waals surface area (Å²) in [6, 6.07) is 18.6. The Labute approximate surface area is 179 Å². The number of rotatable bonds is 2. The van der Waals surface area contributed by atoms with Gasteiger partial charge >= 0.3 is 0 Å². The zero-order valence-electron chi connectivity index (χ0n) is 17.0. The van der Waals surface area contributed by atoms with Gasteiger partial charge in [-0.1, -0.05) is 54.1 Å². The van der Waals surface area contributed by atoms with Gasteiger partial charge in [-0.05, 0) is 31.0 Å². The third kappa shape index (κ3) is 3.36. The molecular formula is C25H21N3O3. The molecule has 1 aliphatic rings. The van der Waals surface area contributed by atoms with Crippen LogP contribution in [-0.4, -0.2) is 37.5 Å². The molecule has 0 bridgehead atoms. The van der Waals surface area contributed by atoms with Crippen LogP contribution in [0, 0.1) is 6.92 Å². The summed E-state index contributed by atoms with van der Waals surface area (Å²) in [5, 5.41) is 20.6. The van der Waals surface area contributed by atoms with Crippen molar-refractivity contribution >= 4 is 16.8 Å². The van der Waals surface area contributed by atoms with Crippen LogP contribution in [-0.2, 0) is 13.0 Å². The van der Waals surface area contributed by atoms with Crippen LogP contribution in [0.15, 0.2) is 60.7 Å². The maximum absolute atomic E-state index is 13.5. The first-order valence-electron chi connectivity index (χ1n) is 10.2. The molecule has 6 heteroatoms. The van der Waals surface area contributed by atoms with E-state index in [2.05, 4.69) is 9.97 Å². The van der Waals surface area contributed by atoms with Gasteiger partial charge in [0.25, 0.3) is 5.91 Å². The Hall–Kier alpha value is -3.93. The number of aromatic nitrogens is 2. The van der Waals surface area contributed by atoms with Crippen LogP contribution in [0.25, 0.3) is 22.3 Å². The predicted molar refractivity (Wildman–Crippen MR) is 118 cm³/mol. The zero-order chi connectivity index (χ0) is 21.5. The number of nitrogens with zero attached hydrogens (tertiary/aromatic N) is 3. The van der Waals surface area contributed by atoms with E-state index in [0.717, 1.165) is 22.2 Å². The molecule has 0 saturated carbocycles. The number of carbonyl (C=O) groups excluding carboxylic acids is 1. The smallest absolute Gasteiger partial charge is 0.273 e. The second kappa shape index (κ2) is 7.40. The molecule has 3 aromatic carbocycles. The Balaban J connectivity index is 1.56. The summed E-state index contributed by atoms with van der Waals surface area (Å²) < 4.78 is 0. The van der Waals surface area contributed by atoms with Crippen LogP contribution in [0.4, 0.5) is 0 Å². The van der Waals surface area contributed by atoms with Crippen LogP contribution < -0.4 is 0 Å². The summed E-state index contributed by atoms with van der Waals surface area (Å²) in [7, 11) is 0. The fourth-order valence-electron chi connectivity index (χ4n) is 4.02. The number of benzene rings is 3. The van der Waals surface area contributed by atoms with Gasteiger partial charge in [-0.25, -0.2) is 9.97 Å². The number of hydrogen-bond donors (Lipinski definition) is 2. The second-order valence-electron chi connectivity index (χ2n) is 7.83. The minimum Gasteiger partial charge on any atom is -0.504 e. The first kappa shape index (κ1) is 19.1. The highest BCUT2D eigenvalue weighted by Crippen LogP contribution is 2.35. The molecule has 0 spiro atoms. The lowest BCUT2D eigenvalue weighted by Gasteiger charge is -2.29. The van der Waals surface area contributed by atoms with E-state index >= 15 is 0 Å². The van der Waals surface area contributed by atoms with Crippen molar-refractivity contribution in [2.75, 3.05) is 6.54 Å². The van der Waals surface area contributed by atoms with Crippen molar-refractivity contribution in [1.82, 2.24) is 14.9 Å². The van der Waals surface area contributed by atoms with E-state index in [9.17, 15) is 15.0 Å². The molecule has 0 unspecified atom stereocenters. The van der Waals surface area contributed by atoms with E-state index in [4.69, 9.17) is 0 Å². The highest BCUT2D eigenvalue weighted by Gasteiger charge is 2.27. The maximum Gasteiger partial charge on any atom is 0.273 e. The molecule has 0 atom stereocenters. The Morgan fingerprint density at radius 2 is 1.74 bits per heavy atom. The Bertz CT molecular complexity index is 1320. The summed E-state index contributed by atoms with van der Waals surface area (Å²) in [4.78, 5) is 24.6. The van der Waals surface area contributed by atoms with Crippen molar-refractivity contribution in [2.45, 2.75) is 19.9 Å². The lowest BCUT2D eigenvalue weighted by atomic mass is 9.97. The van der Waals surface area contributed by atoms with Gasteiger partial charge in [-0.2, -0.15) is 0 Å². The molecular weight excluding hydrogens is 390 g/mol. The normalized spacial score (nSPS) is 13.3. The molecule has 0 aliphatic carbocycles. The van der Waals surface area contributed by atoms with Crippen molar-refractivity contribution in [2.24, 2.45) is 0 Å². The van der Waals surface area contributed by atoms with Crippen molar-refractivity contribution in [1.29, 1.82) is 0 Å². The Morgan fingerprint density at radius 1 is 0.968 bits per heavy atom. The first-order chi connectivity index (χ1) is 15.0. The molecule has 0 radical (unpaired) electrons. The Kier molecular flexibility index (Phi) is 4.55. The van der Waals surface area contributed by atoms with Crippen LogP contribution in [0.3, 0.4) is 0 Å². The molecule has 31 heavy (non-hydrogen) atoms. The van der Waals surface area contributed by atoms with Gasteiger partial charge in [0.1, 0.15) is 5.69 Å². The molecule has 4 aromatic rings. The number of para-hydroxylation sites is 1. The van der Waals surface area contributed by atoms with E-state index < -0.39 is 0 Å². The van der Waals surface area contributed by atoms with Crippen molar-refractivity contribution in [3.8, 4) is 22.9 Å². The number of amides is 1. The van der Waals surface area contributed by atoms with Crippen LogP contribution in [0.5, 0.6) is 11.5 Å². The number of aromatic hydroxyl groups is 2. The van der Waals surface area contributed by atoms with E-state index in [0.29, 0.717) is 42.0 Å². The third-order valence-electron chi connectivity index (χ3n) is 5.75. The van der Waals surface area contributed by atoms with Gasteiger partial charge in [0, 0.05) is 29.6 Å². The molecule has 5 rings (SSSR count). The zero-order valence-corrected chi connectivity index (χ0v) is 17.0. The summed E-state index contributed by atoms with van der Waals surface area (Å²) in [6.45, 7) is 2.80. The van der Waals surface area contributed by atoms with E-state index in [1.807, 2.05) is 55.5 Å². The van der Waals surface area contributed by atoms with Crippen LogP contribution in [0.2, 0.25) is 0 Å². The first-order valence-corrected chi connectivity index (χ1v) is 10.2. The number of phenols is 2. The van der Waals surface area contributed by atoms with Gasteiger partial charge in [0.05, 0.1) is 5.52 Å². The standard InChI is InChI=1S/C25H21N3O3/c1-15-6-8-16(9-7-15)24-26-20-5-3-2-4-19(20)22(27-24)25(31)28-13-12-18-17(14-28)10-11-21(29)23(18)30/h2-11,29-30H,12-14H2,1H3. The van der Waals surface area contributed by atoms with Gasteiger partial charge in [-0.15, -0.1) is 0 Å². The molecule has 1 aliphatic heterocycles. The van der Waals surface area contributed by atoms with Crippen molar-refractivity contribution in [3.05, 3.63) is 83.0 Å². The molecule has 0 fully saturated rings. The van der Waals surface area contributed by atoms with Gasteiger partial charge in [-0.3, -0.25) is 4.79 Å². The quantitative estimate of drug-likeness (QED) is 0.483. The highest BCUT2D eigenvalue weighted by atomic mass is 16.3. The molecule has 0 saturated heterocycles. The van der Waals surface area contributed by atoms with Gasteiger partial charge in [0.15, 0.2) is 17.3 Å². The monoisotopic (exact) mass is 411 g/mol. The summed E-state index contributed by atoms with van der Waals surface area (Å²) >= 11 is 0. The SMILES string of the molecule is Cc1ccc(-c2nc(C(=O)N3CCc4c(ccc(O)c4O)C3)c3ccccc3n2)cc1. The predicted octanol–water partition coefficient (Wildman–Crippen LogP) is 4.21. The maximum atomic E-state index is 13.5. The molecule has 6 nitrogen and oxygen atoms in total. The topological polar surface area (TPSA) is 86.6 Å². The molecule has 1 aromatic heterocycles. The minimum absolute atomic E-state index is 0.0984. The molecule has 2 heterocycles. The van der Waals surface area contributed by atoms with Gasteiger partial charge < -0.3 is 15.1 Å². The molecule has 1 amide bonds. The highest BCUT2D eigenvalue weighted by molar-refractivity contribution is 6.05. The minimum atomic E-state index is -0.176. The van der Waals surface area contributed by atoms with Crippen molar-refractivity contribution < 1.29 is 15.0 Å². The fraction of sp³-hybridized carbons (Fsp3) is 0.160. The average Bonchev–Trinajstić information content (AvgIpc) is 2.80.